The van der Waals surface area contributed by atoms with Crippen LogP contribution < -0.4 is 5.73 Å². The Labute approximate surface area is 90.0 Å². The average molecular weight is 206 g/mol. The zero-order valence-electron chi connectivity index (χ0n) is 9.24. The highest BCUT2D eigenvalue weighted by molar-refractivity contribution is 5.30. The summed E-state index contributed by atoms with van der Waals surface area (Å²) < 4.78 is 2.25. The van der Waals surface area contributed by atoms with Gasteiger partial charge in [0, 0.05) is 25.2 Å². The highest BCUT2D eigenvalue weighted by Gasteiger charge is 2.30. The van der Waals surface area contributed by atoms with Gasteiger partial charge in [0.05, 0.1) is 17.4 Å². The van der Waals surface area contributed by atoms with E-state index in [4.69, 9.17) is 5.73 Å². The van der Waals surface area contributed by atoms with Crippen molar-refractivity contribution in [2.45, 2.75) is 44.9 Å². The minimum atomic E-state index is 0.579. The fourth-order valence-electron chi connectivity index (χ4n) is 2.58. The Morgan fingerprint density at radius 2 is 2.20 bits per heavy atom. The van der Waals surface area contributed by atoms with Crippen LogP contribution in [-0.4, -0.2) is 21.7 Å². The average Bonchev–Trinajstić information content (AvgIpc) is 2.62. The van der Waals surface area contributed by atoms with Gasteiger partial charge >= 0.3 is 0 Å². The van der Waals surface area contributed by atoms with Crippen molar-refractivity contribution in [3.63, 3.8) is 0 Å². The maximum Gasteiger partial charge on any atom is 0.0808 e. The molecular formula is C11H18N4. The van der Waals surface area contributed by atoms with Crippen molar-refractivity contribution < 1.29 is 0 Å². The van der Waals surface area contributed by atoms with Crippen LogP contribution in [0.2, 0.25) is 0 Å². The van der Waals surface area contributed by atoms with Crippen molar-refractivity contribution in [2.24, 2.45) is 5.73 Å². The largest absolute Gasteiger partial charge is 0.325 e. The molecule has 0 radical (unpaired) electrons. The molecule has 1 aromatic rings. The summed E-state index contributed by atoms with van der Waals surface area (Å²) in [4.78, 5) is 2.33. The first-order valence-electron chi connectivity index (χ1n) is 5.77. The van der Waals surface area contributed by atoms with E-state index in [1.807, 2.05) is 0 Å². The van der Waals surface area contributed by atoms with Crippen molar-refractivity contribution in [3.05, 3.63) is 17.0 Å². The second kappa shape index (κ2) is 3.32. The van der Waals surface area contributed by atoms with Crippen LogP contribution in [0.3, 0.4) is 0 Å². The van der Waals surface area contributed by atoms with Gasteiger partial charge in [-0.15, -0.1) is 0 Å². The number of nitrogens with zero attached hydrogens (tertiary/aromatic N) is 3. The first-order chi connectivity index (χ1) is 7.29. The molecule has 1 fully saturated rings. The number of aromatic nitrogens is 2. The van der Waals surface area contributed by atoms with Gasteiger partial charge in [0.25, 0.3) is 0 Å². The van der Waals surface area contributed by atoms with E-state index in [1.165, 1.54) is 30.5 Å². The summed E-state index contributed by atoms with van der Waals surface area (Å²) in [6.07, 6.45) is 3.94. The topological polar surface area (TPSA) is 47.1 Å². The van der Waals surface area contributed by atoms with Crippen molar-refractivity contribution in [1.29, 1.82) is 0 Å². The molecule has 0 amide bonds. The molecular weight excluding hydrogens is 188 g/mol. The molecule has 0 aromatic carbocycles. The maximum absolute atomic E-state index is 5.75. The molecule has 3 rings (SSSR count). The number of fused-ring (bicyclic) bond motifs is 1. The van der Waals surface area contributed by atoms with Gasteiger partial charge in [0.2, 0.25) is 0 Å². The maximum atomic E-state index is 5.75. The van der Waals surface area contributed by atoms with E-state index < -0.39 is 0 Å². The Balaban J connectivity index is 2.01. The molecule has 15 heavy (non-hydrogen) atoms. The Hall–Kier alpha value is -0.870. The van der Waals surface area contributed by atoms with E-state index in [-0.39, 0.29) is 0 Å². The Kier molecular flexibility index (Phi) is 2.07. The molecule has 2 heterocycles. The van der Waals surface area contributed by atoms with Gasteiger partial charge in [-0.3, -0.25) is 9.58 Å². The molecule has 0 bridgehead atoms. The molecule has 0 unspecified atom stereocenters. The first kappa shape index (κ1) is 9.36. The molecule has 4 nitrogen and oxygen atoms in total. The molecule has 1 aliphatic carbocycles. The lowest BCUT2D eigenvalue weighted by Gasteiger charge is -2.27. The number of hydrogen-bond acceptors (Lipinski definition) is 3. The molecule has 82 valence electrons. The van der Waals surface area contributed by atoms with Gasteiger partial charge in [-0.2, -0.15) is 5.10 Å². The van der Waals surface area contributed by atoms with E-state index in [0.29, 0.717) is 12.6 Å². The summed E-state index contributed by atoms with van der Waals surface area (Å²) in [7, 11) is 2.16. The van der Waals surface area contributed by atoms with Crippen LogP contribution in [0, 0.1) is 0 Å². The predicted molar refractivity (Wildman–Crippen MR) is 58.2 cm³/mol. The van der Waals surface area contributed by atoms with E-state index in [1.54, 1.807) is 0 Å². The van der Waals surface area contributed by atoms with Crippen LogP contribution >= 0.6 is 0 Å². The van der Waals surface area contributed by atoms with Gasteiger partial charge in [-0.05, 0) is 26.3 Å². The quantitative estimate of drug-likeness (QED) is 0.785. The summed E-state index contributed by atoms with van der Waals surface area (Å²) >= 11 is 0. The van der Waals surface area contributed by atoms with Gasteiger partial charge < -0.3 is 5.73 Å². The monoisotopic (exact) mass is 206 g/mol. The lowest BCUT2D eigenvalue weighted by Crippen LogP contribution is -2.22. The lowest BCUT2D eigenvalue weighted by molar-refractivity contribution is 0.267. The fourth-order valence-corrected chi connectivity index (χ4v) is 2.58. The van der Waals surface area contributed by atoms with Gasteiger partial charge in [0.1, 0.15) is 0 Å². The van der Waals surface area contributed by atoms with Crippen LogP contribution in [0.1, 0.15) is 42.3 Å². The van der Waals surface area contributed by atoms with E-state index in [9.17, 15) is 0 Å². The van der Waals surface area contributed by atoms with E-state index in [2.05, 4.69) is 21.7 Å². The van der Waals surface area contributed by atoms with E-state index in [0.717, 1.165) is 18.8 Å². The standard InChI is InChI=1S/C11H18N4/c1-14-6-9-10(5-12)13-15(11(9)7-14)8-3-2-4-8/h8H,2-7,12H2,1H3. The number of hydrogen-bond donors (Lipinski definition) is 1. The van der Waals surface area contributed by atoms with Crippen molar-refractivity contribution in [3.8, 4) is 0 Å². The summed E-state index contributed by atoms with van der Waals surface area (Å²) in [5.41, 5.74) is 9.67. The molecule has 1 saturated carbocycles. The molecule has 0 spiro atoms. The second-order valence-corrected chi connectivity index (χ2v) is 4.78. The van der Waals surface area contributed by atoms with Crippen LogP contribution in [0.15, 0.2) is 0 Å². The molecule has 1 aliphatic heterocycles. The third-order valence-electron chi connectivity index (χ3n) is 3.66. The molecule has 4 heteroatoms. The Morgan fingerprint density at radius 3 is 2.80 bits per heavy atom. The lowest BCUT2D eigenvalue weighted by atomic mass is 9.93. The zero-order chi connectivity index (χ0) is 10.4. The number of rotatable bonds is 2. The smallest absolute Gasteiger partial charge is 0.0808 e. The minimum absolute atomic E-state index is 0.579. The zero-order valence-corrected chi connectivity index (χ0v) is 9.24. The summed E-state index contributed by atoms with van der Waals surface area (Å²) in [5, 5.41) is 4.67. The van der Waals surface area contributed by atoms with Crippen molar-refractivity contribution in [2.75, 3.05) is 7.05 Å². The minimum Gasteiger partial charge on any atom is -0.325 e. The van der Waals surface area contributed by atoms with Crippen molar-refractivity contribution in [1.82, 2.24) is 14.7 Å². The Morgan fingerprint density at radius 1 is 1.40 bits per heavy atom. The van der Waals surface area contributed by atoms with Crippen LogP contribution in [0.25, 0.3) is 0 Å². The second-order valence-electron chi connectivity index (χ2n) is 4.78. The van der Waals surface area contributed by atoms with Crippen LogP contribution in [0.4, 0.5) is 0 Å². The van der Waals surface area contributed by atoms with Gasteiger partial charge in [-0.1, -0.05) is 0 Å². The van der Waals surface area contributed by atoms with Gasteiger partial charge in [-0.25, -0.2) is 0 Å². The third-order valence-corrected chi connectivity index (χ3v) is 3.66. The molecule has 1 aromatic heterocycles. The SMILES string of the molecule is CN1Cc2c(CN)nn(C3CCC3)c2C1. The number of nitrogens with two attached hydrogens (primary N) is 1. The van der Waals surface area contributed by atoms with Crippen LogP contribution in [-0.2, 0) is 19.6 Å². The summed E-state index contributed by atoms with van der Waals surface area (Å²) in [6, 6.07) is 0.658. The Bertz CT molecular complexity index is 378. The highest BCUT2D eigenvalue weighted by Crippen LogP contribution is 2.35. The molecule has 2 N–H and O–H groups in total. The van der Waals surface area contributed by atoms with Crippen LogP contribution in [0.5, 0.6) is 0 Å². The molecule has 0 atom stereocenters. The highest BCUT2D eigenvalue weighted by atomic mass is 15.3. The van der Waals surface area contributed by atoms with E-state index >= 15 is 0 Å². The summed E-state index contributed by atoms with van der Waals surface area (Å²) in [5.74, 6) is 0. The van der Waals surface area contributed by atoms with Gasteiger partial charge in [0.15, 0.2) is 0 Å². The van der Waals surface area contributed by atoms with Crippen molar-refractivity contribution >= 4 is 0 Å². The summed E-state index contributed by atoms with van der Waals surface area (Å²) in [6.45, 7) is 2.64. The first-order valence-corrected chi connectivity index (χ1v) is 5.77. The fraction of sp³-hybridized carbons (Fsp3) is 0.727. The molecule has 0 saturated heterocycles. The molecule has 2 aliphatic rings. The normalized spacial score (nSPS) is 21.7. The predicted octanol–water partition coefficient (Wildman–Crippen LogP) is 1.01. The third kappa shape index (κ3) is 1.32.